The number of carboxylic acid groups (broad SMARTS) is 1. The van der Waals surface area contributed by atoms with Crippen molar-refractivity contribution in [3.63, 3.8) is 0 Å². The van der Waals surface area contributed by atoms with E-state index in [9.17, 15) is 38.7 Å². The van der Waals surface area contributed by atoms with Gasteiger partial charge in [-0.15, -0.1) is 0 Å². The third-order valence-electron chi connectivity index (χ3n) is 12.3. The van der Waals surface area contributed by atoms with E-state index in [2.05, 4.69) is 36.9 Å². The van der Waals surface area contributed by atoms with Gasteiger partial charge in [-0.25, -0.2) is 4.79 Å². The van der Waals surface area contributed by atoms with Gasteiger partial charge in [0, 0.05) is 36.4 Å². The van der Waals surface area contributed by atoms with Crippen LogP contribution in [0.4, 0.5) is 0 Å². The summed E-state index contributed by atoms with van der Waals surface area (Å²) >= 11 is 0. The number of nitrogens with one attached hydrogen (secondary N) is 7. The van der Waals surface area contributed by atoms with Gasteiger partial charge < -0.3 is 47.7 Å². The second kappa shape index (κ2) is 24.1. The molecule has 0 saturated heterocycles. The Morgan fingerprint density at radius 2 is 1.33 bits per heavy atom. The van der Waals surface area contributed by atoms with Crippen LogP contribution in [-0.4, -0.2) is 94.8 Å². The van der Waals surface area contributed by atoms with Crippen LogP contribution in [0.25, 0.3) is 10.9 Å². The number of fused-ring (bicyclic) bond motifs is 3. The number of amides is 6. The van der Waals surface area contributed by atoms with Crippen molar-refractivity contribution < 1.29 is 38.7 Å². The number of rotatable bonds is 23. The number of nitrogens with two attached hydrogens (primary N) is 1. The SMILES string of the molecule is CC[C@H](C)[C@H](NC(=O)CNC(=O)[C@H](CCCCN)NC(=O)[C@H](CC(C)C)NC(=O)[C@H](NC(C)=O)C1c2ccccc2CCc2ccccc21)C(=O)N[C@@H](Cc1c[nH]c2ccccc12)C(=O)O. The van der Waals surface area contributed by atoms with E-state index in [1.165, 1.54) is 6.92 Å². The number of hydrogen-bond acceptors (Lipinski definition) is 8. The Kier molecular flexibility index (Phi) is 18.4. The molecule has 66 heavy (non-hydrogen) atoms. The number of aromatic amines is 1. The largest absolute Gasteiger partial charge is 0.480 e. The summed E-state index contributed by atoms with van der Waals surface area (Å²) < 4.78 is 0. The first-order valence-corrected chi connectivity index (χ1v) is 23.0. The number of carboxylic acids is 1. The maximum absolute atomic E-state index is 14.5. The summed E-state index contributed by atoms with van der Waals surface area (Å²) in [6.45, 7) is 8.53. The Morgan fingerprint density at radius 1 is 0.727 bits per heavy atom. The summed E-state index contributed by atoms with van der Waals surface area (Å²) in [6, 6.07) is 17.4. The average molecular weight is 907 g/mol. The highest BCUT2D eigenvalue weighted by Crippen LogP contribution is 2.37. The zero-order valence-electron chi connectivity index (χ0n) is 38.6. The molecule has 354 valence electrons. The van der Waals surface area contributed by atoms with Gasteiger partial charge in [0.1, 0.15) is 30.2 Å². The number of hydrogen-bond donors (Lipinski definition) is 9. The van der Waals surface area contributed by atoms with Gasteiger partial charge in [0.25, 0.3) is 0 Å². The molecule has 10 N–H and O–H groups in total. The summed E-state index contributed by atoms with van der Waals surface area (Å²) in [5, 5.41) is 27.4. The van der Waals surface area contributed by atoms with E-state index in [1.54, 1.807) is 13.1 Å². The van der Waals surface area contributed by atoms with Crippen molar-refractivity contribution in [3.05, 3.63) is 107 Å². The molecule has 0 saturated carbocycles. The van der Waals surface area contributed by atoms with Gasteiger partial charge in [-0.2, -0.15) is 0 Å². The second-order valence-electron chi connectivity index (χ2n) is 17.7. The molecule has 1 aromatic heterocycles. The van der Waals surface area contributed by atoms with Crippen LogP contribution in [0.1, 0.15) is 100 Å². The van der Waals surface area contributed by atoms with Gasteiger partial charge >= 0.3 is 5.97 Å². The van der Waals surface area contributed by atoms with Gasteiger partial charge in [-0.05, 0) is 90.8 Å². The quantitative estimate of drug-likeness (QED) is 0.0494. The molecule has 6 amide bonds. The van der Waals surface area contributed by atoms with Crippen molar-refractivity contribution in [3.8, 4) is 0 Å². The van der Waals surface area contributed by atoms with Gasteiger partial charge in [0.15, 0.2) is 0 Å². The highest BCUT2D eigenvalue weighted by Gasteiger charge is 2.38. The fourth-order valence-corrected chi connectivity index (χ4v) is 8.64. The second-order valence-corrected chi connectivity index (χ2v) is 17.7. The molecule has 0 fully saturated rings. The topological polar surface area (TPSA) is 254 Å². The molecular weight excluding hydrogens is 841 g/mol. The van der Waals surface area contributed by atoms with Crippen molar-refractivity contribution >= 4 is 52.3 Å². The summed E-state index contributed by atoms with van der Waals surface area (Å²) in [6.07, 6.45) is 5.09. The predicted molar refractivity (Wildman–Crippen MR) is 252 cm³/mol. The number of H-pyrrole nitrogens is 1. The molecule has 3 aromatic carbocycles. The molecule has 0 aliphatic heterocycles. The number of aryl methyl sites for hydroxylation is 2. The van der Waals surface area contributed by atoms with Gasteiger partial charge in [-0.1, -0.05) is 101 Å². The third-order valence-corrected chi connectivity index (χ3v) is 12.3. The third kappa shape index (κ3) is 13.5. The lowest BCUT2D eigenvalue weighted by atomic mass is 9.82. The number of benzene rings is 3. The lowest BCUT2D eigenvalue weighted by Gasteiger charge is -2.31. The molecule has 0 spiro atoms. The predicted octanol–water partition coefficient (Wildman–Crippen LogP) is 3.51. The van der Waals surface area contributed by atoms with Crippen molar-refractivity contribution in [2.75, 3.05) is 13.1 Å². The lowest BCUT2D eigenvalue weighted by molar-refractivity contribution is -0.142. The number of unbranched alkanes of at least 4 members (excludes halogenated alkanes) is 1. The van der Waals surface area contributed by atoms with Gasteiger partial charge in [0.05, 0.1) is 6.54 Å². The first-order valence-electron chi connectivity index (χ1n) is 23.0. The average Bonchev–Trinajstić information content (AvgIpc) is 3.62. The monoisotopic (exact) mass is 907 g/mol. The smallest absolute Gasteiger partial charge is 0.326 e. The summed E-state index contributed by atoms with van der Waals surface area (Å²) in [5.41, 5.74) is 11.2. The zero-order chi connectivity index (χ0) is 47.9. The first kappa shape index (κ1) is 50.4. The van der Waals surface area contributed by atoms with Crippen LogP contribution in [0.15, 0.2) is 79.0 Å². The fraction of sp³-hybridized carbons (Fsp3) is 0.460. The molecule has 5 rings (SSSR count). The minimum Gasteiger partial charge on any atom is -0.480 e. The zero-order valence-corrected chi connectivity index (χ0v) is 38.6. The molecule has 0 radical (unpaired) electrons. The molecule has 1 aliphatic carbocycles. The maximum atomic E-state index is 14.5. The van der Waals surface area contributed by atoms with E-state index >= 15 is 0 Å². The van der Waals surface area contributed by atoms with Crippen molar-refractivity contribution in [1.29, 1.82) is 0 Å². The fourth-order valence-electron chi connectivity index (χ4n) is 8.64. The number of aromatic nitrogens is 1. The van der Waals surface area contributed by atoms with Crippen LogP contribution in [0.3, 0.4) is 0 Å². The van der Waals surface area contributed by atoms with Crippen LogP contribution in [-0.2, 0) is 52.8 Å². The lowest BCUT2D eigenvalue weighted by Crippen LogP contribution is -2.58. The minimum absolute atomic E-state index is 0.000740. The van der Waals surface area contributed by atoms with Gasteiger partial charge in [-0.3, -0.25) is 28.8 Å². The number of carbonyl (C=O) groups excluding carboxylic acids is 6. The van der Waals surface area contributed by atoms with Crippen molar-refractivity contribution in [1.82, 2.24) is 36.9 Å². The summed E-state index contributed by atoms with van der Waals surface area (Å²) in [4.78, 5) is 97.8. The first-order chi connectivity index (χ1) is 31.6. The summed E-state index contributed by atoms with van der Waals surface area (Å²) in [7, 11) is 0. The molecule has 16 heteroatoms. The van der Waals surface area contributed by atoms with Crippen LogP contribution >= 0.6 is 0 Å². The number of aliphatic carboxylic acids is 1. The van der Waals surface area contributed by atoms with Crippen LogP contribution < -0.4 is 37.6 Å². The van der Waals surface area contributed by atoms with E-state index in [-0.39, 0.29) is 25.2 Å². The Balaban J connectivity index is 1.28. The van der Waals surface area contributed by atoms with E-state index in [4.69, 9.17) is 5.73 Å². The summed E-state index contributed by atoms with van der Waals surface area (Å²) in [5.74, 6) is -5.90. The van der Waals surface area contributed by atoms with E-state index in [0.717, 1.165) is 46.0 Å². The van der Waals surface area contributed by atoms with Gasteiger partial charge in [0.2, 0.25) is 35.4 Å². The highest BCUT2D eigenvalue weighted by atomic mass is 16.4. The minimum atomic E-state index is -1.29. The van der Waals surface area contributed by atoms with Crippen molar-refractivity contribution in [2.24, 2.45) is 17.6 Å². The Morgan fingerprint density at radius 3 is 1.94 bits per heavy atom. The Bertz CT molecular complexity index is 2300. The molecule has 16 nitrogen and oxygen atoms in total. The molecular formula is C50H66N8O8. The highest BCUT2D eigenvalue weighted by molar-refractivity contribution is 5.96. The van der Waals surface area contributed by atoms with Crippen LogP contribution in [0, 0.1) is 11.8 Å². The molecule has 0 bridgehead atoms. The van der Waals surface area contributed by atoms with E-state index in [0.29, 0.717) is 31.4 Å². The molecule has 0 unspecified atom stereocenters. The molecule has 1 heterocycles. The molecule has 4 aromatic rings. The maximum Gasteiger partial charge on any atom is 0.326 e. The molecule has 6 atom stereocenters. The molecule has 1 aliphatic rings. The normalized spacial score (nSPS) is 15.1. The Labute approximate surface area is 386 Å². The number of para-hydroxylation sites is 1. The van der Waals surface area contributed by atoms with E-state index < -0.39 is 90.0 Å². The van der Waals surface area contributed by atoms with Crippen molar-refractivity contribution in [2.45, 2.75) is 122 Å². The van der Waals surface area contributed by atoms with Crippen LogP contribution in [0.5, 0.6) is 0 Å². The van der Waals surface area contributed by atoms with Crippen LogP contribution in [0.2, 0.25) is 0 Å². The standard InChI is InChI=1S/C50H66N8O8/c1-6-30(4)44(48(63)57-41(50(65)66)26-34-27-52-38-20-12-11-17-35(34)38)58-42(60)28-53-46(61)39(21-13-14-24-51)55-47(62)40(25-29(2)3)56-49(64)45(54-31(5)59)43-36-18-9-7-15-32(36)22-23-33-16-8-10-19-37(33)43/h7-12,15-20,27,29-30,39-41,43-45,52H,6,13-14,21-26,28,51H2,1-5H3,(H,53,61)(H,54,59)(H,55,62)(H,56,64)(H,57,63)(H,58,60)(H,65,66)/t30-,39-,40-,41-,44-,45+/m0/s1. The Hall–Kier alpha value is -6.55. The number of carbonyl (C=O) groups is 7. The van der Waals surface area contributed by atoms with E-state index in [1.807, 2.05) is 93.6 Å².